The van der Waals surface area contributed by atoms with Gasteiger partial charge in [-0.3, -0.25) is 4.79 Å². The van der Waals surface area contributed by atoms with Crippen LogP contribution in [0.1, 0.15) is 37.0 Å². The second-order valence-electron chi connectivity index (χ2n) is 5.24. The Balaban J connectivity index is 2.16. The highest BCUT2D eigenvalue weighted by molar-refractivity contribution is 5.97. The van der Waals surface area contributed by atoms with Crippen molar-refractivity contribution in [2.45, 2.75) is 32.3 Å². The van der Waals surface area contributed by atoms with Crippen LogP contribution in [0.25, 0.3) is 0 Å². The first-order chi connectivity index (χ1) is 8.39. The van der Waals surface area contributed by atoms with Gasteiger partial charge in [0.15, 0.2) is 5.78 Å². The van der Waals surface area contributed by atoms with Gasteiger partial charge in [0.2, 0.25) is 0 Å². The molecule has 0 saturated carbocycles. The van der Waals surface area contributed by atoms with Crippen LogP contribution in [0.5, 0.6) is 5.75 Å². The fourth-order valence-corrected chi connectivity index (χ4v) is 2.26. The lowest BCUT2D eigenvalue weighted by Crippen LogP contribution is -2.42. The summed E-state index contributed by atoms with van der Waals surface area (Å²) in [5, 5.41) is 19.7. The molecule has 0 bridgehead atoms. The van der Waals surface area contributed by atoms with E-state index in [0.29, 0.717) is 18.4 Å². The number of phenolic OH excluding ortho intramolecular Hbond substituents is 1. The average molecular weight is 249 g/mol. The molecular weight excluding hydrogens is 230 g/mol. The maximum absolute atomic E-state index is 11.2. The molecule has 1 aromatic rings. The molecule has 0 unspecified atom stereocenters. The van der Waals surface area contributed by atoms with Crippen molar-refractivity contribution in [2.24, 2.45) is 0 Å². The normalized spacial score (nSPS) is 18.7. The van der Waals surface area contributed by atoms with Gasteiger partial charge in [-0.2, -0.15) is 0 Å². The molecular formula is C14H19NO3. The minimum atomic E-state index is -0.585. The Hall–Kier alpha value is -1.55. The van der Waals surface area contributed by atoms with E-state index in [0.717, 1.165) is 18.8 Å². The standard InChI is InChI=1S/C14H19NO3/c1-10(16)12-4-3-11(9-13(12)17)15-7-5-14(2,18)6-8-15/h3-4,9,17-18H,5-8H2,1-2H3. The summed E-state index contributed by atoms with van der Waals surface area (Å²) in [6.45, 7) is 4.80. The number of aliphatic hydroxyl groups is 1. The number of Topliss-reactive ketones (excluding diaryl/α,β-unsaturated/α-hetero) is 1. The molecule has 0 radical (unpaired) electrons. The Morgan fingerprint density at radius 3 is 2.44 bits per heavy atom. The van der Waals surface area contributed by atoms with Crippen LogP contribution in [0.2, 0.25) is 0 Å². The molecule has 0 aliphatic carbocycles. The lowest BCUT2D eigenvalue weighted by Gasteiger charge is -2.37. The molecule has 0 amide bonds. The second kappa shape index (κ2) is 4.61. The minimum Gasteiger partial charge on any atom is -0.507 e. The number of hydrogen-bond donors (Lipinski definition) is 2. The quantitative estimate of drug-likeness (QED) is 0.786. The number of benzene rings is 1. The average Bonchev–Trinajstić information content (AvgIpc) is 2.28. The zero-order valence-electron chi connectivity index (χ0n) is 10.8. The van der Waals surface area contributed by atoms with Crippen molar-refractivity contribution in [3.05, 3.63) is 23.8 Å². The maximum atomic E-state index is 11.2. The number of carbonyl (C=O) groups excluding carboxylic acids is 1. The minimum absolute atomic E-state index is 0.0253. The van der Waals surface area contributed by atoms with Crippen molar-refractivity contribution in [1.29, 1.82) is 0 Å². The summed E-state index contributed by atoms with van der Waals surface area (Å²) in [5.41, 5.74) is 0.661. The van der Waals surface area contributed by atoms with Crippen molar-refractivity contribution in [1.82, 2.24) is 0 Å². The van der Waals surface area contributed by atoms with E-state index < -0.39 is 5.60 Å². The molecule has 18 heavy (non-hydrogen) atoms. The van der Waals surface area contributed by atoms with E-state index in [1.54, 1.807) is 12.1 Å². The highest BCUT2D eigenvalue weighted by atomic mass is 16.3. The van der Waals surface area contributed by atoms with Crippen LogP contribution < -0.4 is 4.90 Å². The van der Waals surface area contributed by atoms with Crippen LogP contribution in [0, 0.1) is 0 Å². The van der Waals surface area contributed by atoms with E-state index in [9.17, 15) is 15.0 Å². The summed E-state index contributed by atoms with van der Waals surface area (Å²) in [6.07, 6.45) is 1.42. The fourth-order valence-electron chi connectivity index (χ4n) is 2.26. The number of rotatable bonds is 2. The lowest BCUT2D eigenvalue weighted by atomic mass is 9.93. The largest absolute Gasteiger partial charge is 0.507 e. The maximum Gasteiger partial charge on any atom is 0.163 e. The van der Waals surface area contributed by atoms with Gasteiger partial charge in [-0.05, 0) is 38.8 Å². The third-order valence-corrected chi connectivity index (χ3v) is 3.57. The number of nitrogens with zero attached hydrogens (tertiary/aromatic N) is 1. The molecule has 98 valence electrons. The number of ketones is 1. The van der Waals surface area contributed by atoms with Crippen LogP contribution in [0.15, 0.2) is 18.2 Å². The van der Waals surface area contributed by atoms with Crippen LogP contribution >= 0.6 is 0 Å². The van der Waals surface area contributed by atoms with Crippen molar-refractivity contribution in [3.8, 4) is 5.75 Å². The molecule has 4 nitrogen and oxygen atoms in total. The molecule has 1 aliphatic heterocycles. The van der Waals surface area contributed by atoms with Gasteiger partial charge in [0, 0.05) is 24.8 Å². The zero-order valence-corrected chi connectivity index (χ0v) is 10.8. The predicted molar refractivity (Wildman–Crippen MR) is 70.2 cm³/mol. The molecule has 2 rings (SSSR count). The molecule has 4 heteroatoms. The Morgan fingerprint density at radius 1 is 1.33 bits per heavy atom. The SMILES string of the molecule is CC(=O)c1ccc(N2CCC(C)(O)CC2)cc1O. The summed E-state index contributed by atoms with van der Waals surface area (Å²) < 4.78 is 0. The fraction of sp³-hybridized carbons (Fsp3) is 0.500. The first-order valence-electron chi connectivity index (χ1n) is 6.20. The van der Waals surface area contributed by atoms with Gasteiger partial charge in [-0.1, -0.05) is 0 Å². The van der Waals surface area contributed by atoms with E-state index in [-0.39, 0.29) is 11.5 Å². The van der Waals surface area contributed by atoms with E-state index in [2.05, 4.69) is 4.90 Å². The van der Waals surface area contributed by atoms with Crippen molar-refractivity contribution in [2.75, 3.05) is 18.0 Å². The van der Waals surface area contributed by atoms with Gasteiger partial charge in [0.25, 0.3) is 0 Å². The second-order valence-corrected chi connectivity index (χ2v) is 5.24. The third-order valence-electron chi connectivity index (χ3n) is 3.57. The van der Waals surface area contributed by atoms with Gasteiger partial charge in [0.1, 0.15) is 5.75 Å². The van der Waals surface area contributed by atoms with E-state index in [1.165, 1.54) is 6.92 Å². The van der Waals surface area contributed by atoms with Gasteiger partial charge < -0.3 is 15.1 Å². The molecule has 1 saturated heterocycles. The number of carbonyl (C=O) groups is 1. The summed E-state index contributed by atoms with van der Waals surface area (Å²) in [6, 6.07) is 5.12. The molecule has 1 heterocycles. The van der Waals surface area contributed by atoms with E-state index in [4.69, 9.17) is 0 Å². The number of anilines is 1. The summed E-state index contributed by atoms with van der Waals surface area (Å²) >= 11 is 0. The molecule has 0 aromatic heterocycles. The molecule has 1 aliphatic rings. The van der Waals surface area contributed by atoms with Gasteiger partial charge in [-0.15, -0.1) is 0 Å². The Labute approximate surface area is 107 Å². The van der Waals surface area contributed by atoms with Gasteiger partial charge >= 0.3 is 0 Å². The number of piperidine rings is 1. The molecule has 2 N–H and O–H groups in total. The zero-order chi connectivity index (χ0) is 13.3. The van der Waals surface area contributed by atoms with Crippen molar-refractivity contribution < 1.29 is 15.0 Å². The first-order valence-corrected chi connectivity index (χ1v) is 6.20. The molecule has 1 fully saturated rings. The van der Waals surface area contributed by atoms with Crippen molar-refractivity contribution >= 4 is 11.5 Å². The Morgan fingerprint density at radius 2 is 1.94 bits per heavy atom. The smallest absolute Gasteiger partial charge is 0.163 e. The van der Waals surface area contributed by atoms with Crippen LogP contribution in [-0.4, -0.2) is 34.7 Å². The Kier molecular flexibility index (Phi) is 3.30. The topological polar surface area (TPSA) is 60.8 Å². The van der Waals surface area contributed by atoms with Gasteiger partial charge in [0.05, 0.1) is 11.2 Å². The molecule has 1 aromatic carbocycles. The van der Waals surface area contributed by atoms with Crippen molar-refractivity contribution in [3.63, 3.8) is 0 Å². The monoisotopic (exact) mass is 249 g/mol. The molecule has 0 spiro atoms. The number of aromatic hydroxyl groups is 1. The van der Waals surface area contributed by atoms with Crippen LogP contribution in [0.4, 0.5) is 5.69 Å². The lowest BCUT2D eigenvalue weighted by molar-refractivity contribution is 0.0351. The summed E-state index contributed by atoms with van der Waals surface area (Å²) in [7, 11) is 0. The third kappa shape index (κ3) is 2.64. The summed E-state index contributed by atoms with van der Waals surface area (Å²) in [4.78, 5) is 13.3. The Bertz CT molecular complexity index is 458. The van der Waals surface area contributed by atoms with Gasteiger partial charge in [-0.25, -0.2) is 0 Å². The highest BCUT2D eigenvalue weighted by Crippen LogP contribution is 2.29. The first kappa shape index (κ1) is 12.9. The van der Waals surface area contributed by atoms with E-state index >= 15 is 0 Å². The van der Waals surface area contributed by atoms with Crippen LogP contribution in [0.3, 0.4) is 0 Å². The highest BCUT2D eigenvalue weighted by Gasteiger charge is 2.27. The van der Waals surface area contributed by atoms with Crippen LogP contribution in [-0.2, 0) is 0 Å². The number of hydrogen-bond acceptors (Lipinski definition) is 4. The predicted octanol–water partition coefficient (Wildman–Crippen LogP) is 1.95. The molecule has 0 atom stereocenters. The summed E-state index contributed by atoms with van der Waals surface area (Å²) in [5.74, 6) is -0.113. The van der Waals surface area contributed by atoms with E-state index in [1.807, 2.05) is 13.0 Å². The number of phenols is 1.